The number of amides is 1. The summed E-state index contributed by atoms with van der Waals surface area (Å²) in [5.41, 5.74) is 0.503. The molecule has 122 valence electrons. The van der Waals surface area contributed by atoms with Crippen LogP contribution in [0.25, 0.3) is 0 Å². The van der Waals surface area contributed by atoms with E-state index in [1.807, 2.05) is 0 Å². The second-order valence-corrected chi connectivity index (χ2v) is 5.01. The molecule has 0 saturated carbocycles. The second kappa shape index (κ2) is 6.51. The maximum absolute atomic E-state index is 12.2. The molecule has 2 rings (SSSR count). The maximum atomic E-state index is 12.2. The van der Waals surface area contributed by atoms with Crippen LogP contribution in [0.4, 0.5) is 0 Å². The van der Waals surface area contributed by atoms with E-state index < -0.39 is 29.5 Å². The fourth-order valence-electron chi connectivity index (χ4n) is 2.54. The largest absolute Gasteiger partial charge is 0.503 e. The quantitative estimate of drug-likeness (QED) is 0.818. The molecule has 23 heavy (non-hydrogen) atoms. The number of esters is 1. The average molecular weight is 319 g/mol. The lowest BCUT2D eigenvalue weighted by molar-refractivity contribution is -0.146. The molecule has 1 atom stereocenters. The second-order valence-electron chi connectivity index (χ2n) is 5.01. The van der Waals surface area contributed by atoms with Crippen LogP contribution in [0.3, 0.4) is 0 Å². The van der Waals surface area contributed by atoms with Crippen LogP contribution >= 0.6 is 0 Å². The minimum atomic E-state index is -0.866. The van der Waals surface area contributed by atoms with Crippen molar-refractivity contribution in [3.8, 4) is 5.75 Å². The molecular weight excluding hydrogens is 302 g/mol. The summed E-state index contributed by atoms with van der Waals surface area (Å²) in [5, 5.41) is 10.0. The van der Waals surface area contributed by atoms with Crippen molar-refractivity contribution in [3.63, 3.8) is 0 Å². The zero-order valence-corrected chi connectivity index (χ0v) is 13.0. The van der Waals surface area contributed by atoms with Gasteiger partial charge in [-0.05, 0) is 24.6 Å². The van der Waals surface area contributed by atoms with E-state index >= 15 is 0 Å². The Morgan fingerprint density at radius 2 is 2.00 bits per heavy atom. The maximum Gasteiger partial charge on any atom is 0.325 e. The molecule has 0 radical (unpaired) electrons. The van der Waals surface area contributed by atoms with Gasteiger partial charge in [-0.3, -0.25) is 14.4 Å². The predicted molar refractivity (Wildman–Crippen MR) is 79.8 cm³/mol. The lowest BCUT2D eigenvalue weighted by Gasteiger charge is -2.25. The van der Waals surface area contributed by atoms with Gasteiger partial charge >= 0.3 is 5.97 Å². The van der Waals surface area contributed by atoms with Crippen molar-refractivity contribution in [2.45, 2.75) is 13.0 Å². The van der Waals surface area contributed by atoms with Crippen molar-refractivity contribution in [2.24, 2.45) is 0 Å². The Kier molecular flexibility index (Phi) is 4.68. The van der Waals surface area contributed by atoms with Crippen LogP contribution in [0, 0.1) is 0 Å². The summed E-state index contributed by atoms with van der Waals surface area (Å²) in [6.45, 7) is 0.881. The topological polar surface area (TPSA) is 93.1 Å². The number of rotatable bonds is 5. The number of aliphatic hydroxyl groups is 1. The number of nitrogens with zero attached hydrogens (tertiary/aromatic N) is 1. The number of benzene rings is 1. The molecule has 0 aromatic heterocycles. The van der Waals surface area contributed by atoms with E-state index in [0.717, 1.165) is 4.90 Å². The fourth-order valence-corrected chi connectivity index (χ4v) is 2.54. The summed E-state index contributed by atoms with van der Waals surface area (Å²) in [5.74, 6) is -2.00. The van der Waals surface area contributed by atoms with E-state index in [2.05, 4.69) is 4.74 Å². The van der Waals surface area contributed by atoms with Crippen molar-refractivity contribution in [1.29, 1.82) is 0 Å². The monoisotopic (exact) mass is 319 g/mol. The first-order valence-electron chi connectivity index (χ1n) is 6.86. The number of hydrogen-bond donors (Lipinski definition) is 1. The molecule has 1 aliphatic rings. The molecule has 1 N–H and O–H groups in total. The number of ketones is 1. The first-order valence-corrected chi connectivity index (χ1v) is 6.86. The summed E-state index contributed by atoms with van der Waals surface area (Å²) < 4.78 is 9.72. The van der Waals surface area contributed by atoms with E-state index in [1.165, 1.54) is 21.1 Å². The van der Waals surface area contributed by atoms with Crippen molar-refractivity contribution >= 4 is 17.7 Å². The van der Waals surface area contributed by atoms with Crippen molar-refractivity contribution in [3.05, 3.63) is 41.2 Å². The zero-order chi connectivity index (χ0) is 17.1. The van der Waals surface area contributed by atoms with Gasteiger partial charge in [0.05, 0.1) is 25.8 Å². The smallest absolute Gasteiger partial charge is 0.325 e. The highest BCUT2D eigenvalue weighted by Gasteiger charge is 2.43. The van der Waals surface area contributed by atoms with Crippen molar-refractivity contribution in [1.82, 2.24) is 4.90 Å². The molecule has 0 fully saturated rings. The number of aliphatic hydroxyl groups excluding tert-OH is 1. The van der Waals surface area contributed by atoms with Gasteiger partial charge in [0.25, 0.3) is 5.91 Å². The Bertz CT molecular complexity index is 694. The molecule has 1 amide bonds. The molecule has 0 aliphatic carbocycles. The third-order valence-corrected chi connectivity index (χ3v) is 3.62. The number of carbonyl (C=O) groups excluding carboxylic acids is 3. The van der Waals surface area contributed by atoms with Crippen LogP contribution in [0.5, 0.6) is 5.75 Å². The highest BCUT2D eigenvalue weighted by atomic mass is 16.5. The summed E-state index contributed by atoms with van der Waals surface area (Å²) >= 11 is 0. The highest BCUT2D eigenvalue weighted by molar-refractivity contribution is 6.08. The van der Waals surface area contributed by atoms with Gasteiger partial charge in [0.2, 0.25) is 0 Å². The summed E-state index contributed by atoms with van der Waals surface area (Å²) in [7, 11) is 2.69. The van der Waals surface area contributed by atoms with Crippen LogP contribution in [0.2, 0.25) is 0 Å². The number of methoxy groups -OCH3 is 2. The van der Waals surface area contributed by atoms with E-state index in [4.69, 9.17) is 4.74 Å². The lowest BCUT2D eigenvalue weighted by atomic mass is 9.96. The van der Waals surface area contributed by atoms with Gasteiger partial charge in [-0.2, -0.15) is 0 Å². The number of hydrogen-bond acceptors (Lipinski definition) is 6. The number of carbonyl (C=O) groups is 3. The van der Waals surface area contributed by atoms with Gasteiger partial charge in [0.15, 0.2) is 11.5 Å². The minimum Gasteiger partial charge on any atom is -0.503 e. The lowest BCUT2D eigenvalue weighted by Crippen LogP contribution is -2.36. The highest BCUT2D eigenvalue weighted by Crippen LogP contribution is 2.38. The summed E-state index contributed by atoms with van der Waals surface area (Å²) in [6, 6.07) is 5.87. The van der Waals surface area contributed by atoms with Crippen molar-refractivity contribution in [2.75, 3.05) is 20.8 Å². The normalized spacial score (nSPS) is 17.4. The number of ether oxygens (including phenoxy) is 2. The Morgan fingerprint density at radius 3 is 2.57 bits per heavy atom. The average Bonchev–Trinajstić information content (AvgIpc) is 2.79. The molecule has 0 bridgehead atoms. The standard InChI is InChI=1S/C16H17NO6/c1-9(18)13-14(10-5-4-6-11(7-10)22-2)17(8-12(19)23-3)16(21)15(13)20/h4-7,14,20H,8H2,1-3H3. The Balaban J connectivity index is 2.53. The molecule has 1 heterocycles. The molecule has 0 saturated heterocycles. The molecule has 7 nitrogen and oxygen atoms in total. The molecule has 1 aromatic rings. The molecule has 7 heteroatoms. The molecular formula is C16H17NO6. The van der Waals surface area contributed by atoms with Gasteiger partial charge in [-0.15, -0.1) is 0 Å². The van der Waals surface area contributed by atoms with Gasteiger partial charge < -0.3 is 19.5 Å². The van der Waals surface area contributed by atoms with Crippen molar-refractivity contribution < 1.29 is 29.0 Å². The van der Waals surface area contributed by atoms with Crippen LogP contribution < -0.4 is 4.74 Å². The van der Waals surface area contributed by atoms with E-state index in [-0.39, 0.29) is 12.1 Å². The van der Waals surface area contributed by atoms with Crippen LogP contribution in [0.15, 0.2) is 35.6 Å². The van der Waals surface area contributed by atoms with E-state index in [1.54, 1.807) is 24.3 Å². The van der Waals surface area contributed by atoms with E-state index in [9.17, 15) is 19.5 Å². The fraction of sp³-hybridized carbons (Fsp3) is 0.312. The van der Waals surface area contributed by atoms with Crippen LogP contribution in [0.1, 0.15) is 18.5 Å². The molecule has 1 unspecified atom stereocenters. The first kappa shape index (κ1) is 16.5. The Labute approximate surface area is 133 Å². The first-order chi connectivity index (χ1) is 10.9. The third-order valence-electron chi connectivity index (χ3n) is 3.62. The Morgan fingerprint density at radius 1 is 1.30 bits per heavy atom. The minimum absolute atomic E-state index is 0.0489. The number of Topliss-reactive ketones (excluding diaryl/α,β-unsaturated/α-hetero) is 1. The molecule has 0 spiro atoms. The predicted octanol–water partition coefficient (Wildman–Crippen LogP) is 1.15. The van der Waals surface area contributed by atoms with Crippen LogP contribution in [-0.2, 0) is 19.1 Å². The van der Waals surface area contributed by atoms with Crippen LogP contribution in [-0.4, -0.2) is 48.4 Å². The molecule has 1 aromatic carbocycles. The molecule has 1 aliphatic heterocycles. The zero-order valence-electron chi connectivity index (χ0n) is 13.0. The van der Waals surface area contributed by atoms with Gasteiger partial charge in [0, 0.05) is 0 Å². The van der Waals surface area contributed by atoms with Gasteiger partial charge in [-0.25, -0.2) is 0 Å². The summed E-state index contributed by atoms with van der Waals surface area (Å²) in [4.78, 5) is 36.8. The summed E-state index contributed by atoms with van der Waals surface area (Å²) in [6.07, 6.45) is 0. The third kappa shape index (κ3) is 3.03. The SMILES string of the molecule is COC(=O)CN1C(=O)C(O)=C(C(C)=O)C1c1cccc(OC)c1. The van der Waals surface area contributed by atoms with Gasteiger partial charge in [-0.1, -0.05) is 12.1 Å². The van der Waals surface area contributed by atoms with Gasteiger partial charge in [0.1, 0.15) is 12.3 Å². The van der Waals surface area contributed by atoms with E-state index in [0.29, 0.717) is 11.3 Å². The Hall–Kier alpha value is -2.83.